The van der Waals surface area contributed by atoms with Crippen molar-refractivity contribution in [2.24, 2.45) is 0 Å². The van der Waals surface area contributed by atoms with Gasteiger partial charge in [0.1, 0.15) is 5.54 Å². The van der Waals surface area contributed by atoms with Gasteiger partial charge in [0.05, 0.1) is 0 Å². The third-order valence-corrected chi connectivity index (χ3v) is 4.96. The van der Waals surface area contributed by atoms with Gasteiger partial charge in [-0.15, -0.1) is 0 Å². The molecule has 0 atom stereocenters. The van der Waals surface area contributed by atoms with E-state index in [0.29, 0.717) is 6.04 Å². The number of nitrogens with zero attached hydrogens (tertiary/aromatic N) is 2. The van der Waals surface area contributed by atoms with E-state index < -0.39 is 11.5 Å². The van der Waals surface area contributed by atoms with Gasteiger partial charge in [0.15, 0.2) is 0 Å². The molecule has 0 bridgehead atoms. The van der Waals surface area contributed by atoms with Crippen LogP contribution in [0.1, 0.15) is 52.4 Å². The van der Waals surface area contributed by atoms with Crippen molar-refractivity contribution in [2.45, 2.75) is 64.0 Å². The Kier molecular flexibility index (Phi) is 4.85. The molecule has 2 aliphatic heterocycles. The van der Waals surface area contributed by atoms with Crippen LogP contribution in [-0.2, 0) is 4.79 Å². The summed E-state index contributed by atoms with van der Waals surface area (Å²) in [5.41, 5.74) is -0.588. The van der Waals surface area contributed by atoms with Crippen LogP contribution >= 0.6 is 0 Å². The van der Waals surface area contributed by atoms with E-state index in [2.05, 4.69) is 23.6 Å². The molecule has 2 saturated heterocycles. The standard InChI is InChI=1S/C15H28N2O2/c1-13(2)16-11-7-15(8-12-16,14(18)19)17-9-5-3-4-6-10-17/h13H,3-12H2,1-2H3,(H,18,19). The minimum absolute atomic E-state index is 0.524. The van der Waals surface area contributed by atoms with E-state index >= 15 is 0 Å². The van der Waals surface area contributed by atoms with Crippen LogP contribution in [0.4, 0.5) is 0 Å². The molecule has 0 spiro atoms. The Morgan fingerprint density at radius 1 is 1.00 bits per heavy atom. The van der Waals surface area contributed by atoms with Gasteiger partial charge in [-0.05, 0) is 52.6 Å². The maximum atomic E-state index is 11.9. The molecule has 1 N–H and O–H groups in total. The van der Waals surface area contributed by atoms with Gasteiger partial charge >= 0.3 is 5.97 Å². The third-order valence-electron chi connectivity index (χ3n) is 4.96. The van der Waals surface area contributed by atoms with Crippen LogP contribution in [0.3, 0.4) is 0 Å². The number of hydrogen-bond acceptors (Lipinski definition) is 3. The molecule has 0 unspecified atom stereocenters. The van der Waals surface area contributed by atoms with Crippen molar-refractivity contribution < 1.29 is 9.90 Å². The van der Waals surface area contributed by atoms with E-state index in [4.69, 9.17) is 0 Å². The van der Waals surface area contributed by atoms with Crippen LogP contribution in [0, 0.1) is 0 Å². The molecule has 2 heterocycles. The molecule has 2 aliphatic rings. The molecule has 4 heteroatoms. The molecule has 4 nitrogen and oxygen atoms in total. The van der Waals surface area contributed by atoms with Crippen molar-refractivity contribution >= 4 is 5.97 Å². The first-order chi connectivity index (χ1) is 9.06. The second-order valence-electron chi connectivity index (χ2n) is 6.37. The van der Waals surface area contributed by atoms with Gasteiger partial charge in [0.25, 0.3) is 0 Å². The summed E-state index contributed by atoms with van der Waals surface area (Å²) in [6, 6.07) is 0.524. The van der Waals surface area contributed by atoms with E-state index in [0.717, 1.165) is 51.9 Å². The number of likely N-dealkylation sites (tertiary alicyclic amines) is 2. The maximum absolute atomic E-state index is 11.9. The number of carboxylic acids is 1. The molecule has 19 heavy (non-hydrogen) atoms. The summed E-state index contributed by atoms with van der Waals surface area (Å²) in [4.78, 5) is 16.6. The monoisotopic (exact) mass is 268 g/mol. The zero-order valence-electron chi connectivity index (χ0n) is 12.4. The average molecular weight is 268 g/mol. The molecule has 0 aromatic heterocycles. The highest BCUT2D eigenvalue weighted by atomic mass is 16.4. The Balaban J connectivity index is 2.08. The Morgan fingerprint density at radius 2 is 1.53 bits per heavy atom. The first-order valence-corrected chi connectivity index (χ1v) is 7.79. The van der Waals surface area contributed by atoms with Gasteiger partial charge in [-0.3, -0.25) is 9.69 Å². The lowest BCUT2D eigenvalue weighted by atomic mass is 9.85. The molecule has 0 radical (unpaired) electrons. The lowest BCUT2D eigenvalue weighted by Gasteiger charge is -2.46. The highest BCUT2D eigenvalue weighted by molar-refractivity contribution is 5.79. The van der Waals surface area contributed by atoms with Gasteiger partial charge in [-0.25, -0.2) is 0 Å². The quantitative estimate of drug-likeness (QED) is 0.852. The molecule has 0 aromatic rings. The lowest BCUT2D eigenvalue weighted by molar-refractivity contribution is -0.156. The number of rotatable bonds is 3. The maximum Gasteiger partial charge on any atom is 0.324 e. The molecular weight excluding hydrogens is 240 g/mol. The third kappa shape index (κ3) is 3.11. The zero-order valence-corrected chi connectivity index (χ0v) is 12.4. The summed E-state index contributed by atoms with van der Waals surface area (Å²) in [5.74, 6) is -0.599. The molecule has 2 fully saturated rings. The van der Waals surface area contributed by atoms with Crippen molar-refractivity contribution in [3.63, 3.8) is 0 Å². The summed E-state index contributed by atoms with van der Waals surface area (Å²) in [6.07, 6.45) is 6.38. The van der Waals surface area contributed by atoms with Crippen LogP contribution in [-0.4, -0.2) is 58.6 Å². The topological polar surface area (TPSA) is 43.8 Å². The van der Waals surface area contributed by atoms with E-state index in [9.17, 15) is 9.90 Å². The number of piperidine rings is 1. The molecule has 0 aliphatic carbocycles. The van der Waals surface area contributed by atoms with E-state index in [1.165, 1.54) is 12.8 Å². The normalized spacial score (nSPS) is 26.3. The van der Waals surface area contributed by atoms with E-state index in [-0.39, 0.29) is 0 Å². The second-order valence-corrected chi connectivity index (χ2v) is 6.37. The Hall–Kier alpha value is -0.610. The predicted octanol–water partition coefficient (Wildman–Crippen LogP) is 2.19. The Labute approximate surface area is 116 Å². The van der Waals surface area contributed by atoms with E-state index in [1.807, 2.05) is 0 Å². The second kappa shape index (κ2) is 6.23. The van der Waals surface area contributed by atoms with Crippen molar-refractivity contribution in [2.75, 3.05) is 26.2 Å². The van der Waals surface area contributed by atoms with Crippen molar-refractivity contribution in [1.82, 2.24) is 9.80 Å². The molecule has 110 valence electrons. The smallest absolute Gasteiger partial charge is 0.324 e. The molecular formula is C15H28N2O2. The van der Waals surface area contributed by atoms with Gasteiger partial charge in [-0.2, -0.15) is 0 Å². The average Bonchev–Trinajstić information content (AvgIpc) is 2.67. The first-order valence-electron chi connectivity index (χ1n) is 7.79. The Bertz CT molecular complexity index is 301. The summed E-state index contributed by atoms with van der Waals surface area (Å²) in [7, 11) is 0. The van der Waals surface area contributed by atoms with Crippen LogP contribution in [0.25, 0.3) is 0 Å². The molecule has 0 saturated carbocycles. The number of carboxylic acid groups (broad SMARTS) is 1. The van der Waals surface area contributed by atoms with Gasteiger partial charge < -0.3 is 10.0 Å². The highest BCUT2D eigenvalue weighted by Crippen LogP contribution is 2.32. The summed E-state index contributed by atoms with van der Waals surface area (Å²) in [6.45, 7) is 8.16. The fraction of sp³-hybridized carbons (Fsp3) is 0.933. The van der Waals surface area contributed by atoms with Crippen LogP contribution in [0.2, 0.25) is 0 Å². The number of aliphatic carboxylic acids is 1. The molecule has 2 rings (SSSR count). The number of hydrogen-bond donors (Lipinski definition) is 1. The zero-order chi connectivity index (χ0) is 13.9. The summed E-state index contributed by atoms with van der Waals surface area (Å²) >= 11 is 0. The van der Waals surface area contributed by atoms with Crippen LogP contribution in [0.15, 0.2) is 0 Å². The highest BCUT2D eigenvalue weighted by Gasteiger charge is 2.46. The van der Waals surface area contributed by atoms with Gasteiger partial charge in [0, 0.05) is 19.1 Å². The van der Waals surface area contributed by atoms with Crippen LogP contribution in [0.5, 0.6) is 0 Å². The summed E-state index contributed by atoms with van der Waals surface area (Å²) < 4.78 is 0. The lowest BCUT2D eigenvalue weighted by Crippen LogP contribution is -2.61. The fourth-order valence-corrected chi connectivity index (χ4v) is 3.57. The number of carbonyl (C=O) groups is 1. The van der Waals surface area contributed by atoms with Gasteiger partial charge in [0.2, 0.25) is 0 Å². The van der Waals surface area contributed by atoms with Crippen LogP contribution < -0.4 is 0 Å². The minimum Gasteiger partial charge on any atom is -0.480 e. The van der Waals surface area contributed by atoms with E-state index in [1.54, 1.807) is 0 Å². The van der Waals surface area contributed by atoms with Crippen molar-refractivity contribution in [1.29, 1.82) is 0 Å². The fourth-order valence-electron chi connectivity index (χ4n) is 3.57. The largest absolute Gasteiger partial charge is 0.480 e. The molecule has 0 aromatic carbocycles. The summed E-state index contributed by atoms with van der Waals surface area (Å²) in [5, 5.41) is 9.80. The molecule has 0 amide bonds. The predicted molar refractivity (Wildman–Crippen MR) is 76.4 cm³/mol. The van der Waals surface area contributed by atoms with Crippen molar-refractivity contribution in [3.8, 4) is 0 Å². The minimum atomic E-state index is -0.599. The SMILES string of the molecule is CC(C)N1CCC(C(=O)O)(N2CCCCCC2)CC1. The Morgan fingerprint density at radius 3 is 1.95 bits per heavy atom. The van der Waals surface area contributed by atoms with Gasteiger partial charge in [-0.1, -0.05) is 12.8 Å². The van der Waals surface area contributed by atoms with Crippen molar-refractivity contribution in [3.05, 3.63) is 0 Å². The first kappa shape index (κ1) is 14.8.